The van der Waals surface area contributed by atoms with Crippen molar-refractivity contribution in [2.75, 3.05) is 0 Å². The molecule has 0 aliphatic carbocycles. The maximum absolute atomic E-state index is 6.14. The Balaban J connectivity index is 2.15. The molecular formula is C16H17Cl2NO. The number of para-hydroxylation sites is 1. The summed E-state index contributed by atoms with van der Waals surface area (Å²) in [5, 5.41) is 1.22. The minimum atomic E-state index is -0.0214. The van der Waals surface area contributed by atoms with Gasteiger partial charge in [-0.1, -0.05) is 54.4 Å². The summed E-state index contributed by atoms with van der Waals surface area (Å²) >= 11 is 12.0. The van der Waals surface area contributed by atoms with E-state index in [1.54, 1.807) is 12.1 Å². The fourth-order valence-electron chi connectivity index (χ4n) is 1.93. The Labute approximate surface area is 129 Å². The van der Waals surface area contributed by atoms with Crippen LogP contribution in [0, 0.1) is 0 Å². The number of hydrogen-bond acceptors (Lipinski definition) is 2. The molecule has 0 aliphatic rings. The van der Waals surface area contributed by atoms with Gasteiger partial charge < -0.3 is 10.5 Å². The molecule has 4 heteroatoms. The summed E-state index contributed by atoms with van der Waals surface area (Å²) in [6.45, 7) is 2.45. The predicted molar refractivity (Wildman–Crippen MR) is 84.5 cm³/mol. The maximum atomic E-state index is 6.14. The zero-order valence-corrected chi connectivity index (χ0v) is 12.8. The van der Waals surface area contributed by atoms with Crippen LogP contribution in [0.5, 0.6) is 5.75 Å². The summed E-state index contributed by atoms with van der Waals surface area (Å²) < 4.78 is 5.86. The van der Waals surface area contributed by atoms with Crippen molar-refractivity contribution in [1.29, 1.82) is 0 Å². The predicted octanol–water partition coefficient (Wildman–Crippen LogP) is 4.98. The van der Waals surface area contributed by atoms with Crippen molar-refractivity contribution in [1.82, 2.24) is 0 Å². The molecule has 106 valence electrons. The van der Waals surface area contributed by atoms with Crippen molar-refractivity contribution in [2.45, 2.75) is 26.0 Å². The van der Waals surface area contributed by atoms with Gasteiger partial charge >= 0.3 is 0 Å². The smallest absolute Gasteiger partial charge is 0.124 e. The number of rotatable bonds is 5. The van der Waals surface area contributed by atoms with E-state index in [0.29, 0.717) is 16.7 Å². The van der Waals surface area contributed by atoms with Gasteiger partial charge in [0.25, 0.3) is 0 Å². The number of halogens is 2. The van der Waals surface area contributed by atoms with Gasteiger partial charge in [0.1, 0.15) is 12.4 Å². The van der Waals surface area contributed by atoms with Crippen LogP contribution in [0.1, 0.15) is 30.5 Å². The lowest BCUT2D eigenvalue weighted by Gasteiger charge is -2.16. The van der Waals surface area contributed by atoms with Gasteiger partial charge in [0.2, 0.25) is 0 Å². The summed E-state index contributed by atoms with van der Waals surface area (Å²) in [4.78, 5) is 0. The first-order valence-electron chi connectivity index (χ1n) is 6.53. The molecule has 2 aromatic carbocycles. The van der Waals surface area contributed by atoms with Crippen LogP contribution in [-0.2, 0) is 6.61 Å². The summed E-state index contributed by atoms with van der Waals surface area (Å²) in [6, 6.07) is 13.2. The molecule has 20 heavy (non-hydrogen) atoms. The molecule has 2 nitrogen and oxygen atoms in total. The van der Waals surface area contributed by atoms with E-state index in [1.807, 2.05) is 30.3 Å². The summed E-state index contributed by atoms with van der Waals surface area (Å²) in [5.74, 6) is 0.799. The van der Waals surface area contributed by atoms with Crippen molar-refractivity contribution < 1.29 is 4.74 Å². The van der Waals surface area contributed by atoms with Crippen molar-refractivity contribution in [3.63, 3.8) is 0 Å². The van der Waals surface area contributed by atoms with Gasteiger partial charge in [0, 0.05) is 27.2 Å². The van der Waals surface area contributed by atoms with E-state index in [9.17, 15) is 0 Å². The zero-order chi connectivity index (χ0) is 14.5. The number of nitrogens with two attached hydrogens (primary N) is 1. The first kappa shape index (κ1) is 15.2. The Morgan fingerprint density at radius 2 is 1.90 bits per heavy atom. The summed E-state index contributed by atoms with van der Waals surface area (Å²) in [7, 11) is 0. The van der Waals surface area contributed by atoms with E-state index in [4.69, 9.17) is 33.7 Å². The Kier molecular flexibility index (Phi) is 5.30. The highest BCUT2D eigenvalue weighted by Crippen LogP contribution is 2.27. The molecule has 1 unspecified atom stereocenters. The van der Waals surface area contributed by atoms with Crippen LogP contribution in [0.2, 0.25) is 10.0 Å². The summed E-state index contributed by atoms with van der Waals surface area (Å²) in [5.41, 5.74) is 8.00. The molecule has 0 bridgehead atoms. The SMILES string of the molecule is CCC(N)c1ccccc1OCc1ccc(Cl)cc1Cl. The van der Waals surface area contributed by atoms with Crippen LogP contribution >= 0.6 is 23.2 Å². The largest absolute Gasteiger partial charge is 0.489 e. The fourth-order valence-corrected chi connectivity index (χ4v) is 2.40. The van der Waals surface area contributed by atoms with Gasteiger partial charge in [-0.25, -0.2) is 0 Å². The topological polar surface area (TPSA) is 35.2 Å². The third-order valence-electron chi connectivity index (χ3n) is 3.16. The second-order valence-corrected chi connectivity index (χ2v) is 5.42. The van der Waals surface area contributed by atoms with E-state index in [0.717, 1.165) is 23.3 Å². The van der Waals surface area contributed by atoms with Crippen LogP contribution in [0.15, 0.2) is 42.5 Å². The van der Waals surface area contributed by atoms with E-state index < -0.39 is 0 Å². The Bertz CT molecular complexity index is 586. The van der Waals surface area contributed by atoms with Crippen LogP contribution in [0.3, 0.4) is 0 Å². The first-order chi connectivity index (χ1) is 9.61. The molecule has 2 N–H and O–H groups in total. The molecule has 0 aromatic heterocycles. The highest BCUT2D eigenvalue weighted by Gasteiger charge is 2.10. The number of ether oxygens (including phenoxy) is 1. The molecule has 0 aliphatic heterocycles. The first-order valence-corrected chi connectivity index (χ1v) is 7.28. The second kappa shape index (κ2) is 6.98. The Hall–Kier alpha value is -1.22. The second-order valence-electron chi connectivity index (χ2n) is 4.58. The quantitative estimate of drug-likeness (QED) is 0.845. The molecule has 0 saturated carbocycles. The molecule has 0 spiro atoms. The molecule has 2 aromatic rings. The zero-order valence-electron chi connectivity index (χ0n) is 11.3. The minimum absolute atomic E-state index is 0.0214. The molecule has 0 saturated heterocycles. The Morgan fingerprint density at radius 3 is 2.60 bits per heavy atom. The third-order valence-corrected chi connectivity index (χ3v) is 3.74. The standard InChI is InChI=1S/C16H17Cl2NO/c1-2-15(19)13-5-3-4-6-16(13)20-10-11-7-8-12(17)9-14(11)18/h3-9,15H,2,10,19H2,1H3. The van der Waals surface area contributed by atoms with E-state index in [-0.39, 0.29) is 6.04 Å². The lowest BCUT2D eigenvalue weighted by atomic mass is 10.0. The normalized spacial score (nSPS) is 12.2. The minimum Gasteiger partial charge on any atom is -0.489 e. The van der Waals surface area contributed by atoms with Crippen molar-refractivity contribution in [3.8, 4) is 5.75 Å². The lowest BCUT2D eigenvalue weighted by Crippen LogP contribution is -2.10. The number of benzene rings is 2. The fraction of sp³-hybridized carbons (Fsp3) is 0.250. The monoisotopic (exact) mass is 309 g/mol. The average Bonchev–Trinajstić information content (AvgIpc) is 2.46. The molecule has 2 rings (SSSR count). The van der Waals surface area contributed by atoms with Gasteiger partial charge in [-0.2, -0.15) is 0 Å². The van der Waals surface area contributed by atoms with Crippen molar-refractivity contribution in [3.05, 3.63) is 63.6 Å². The molecule has 0 fully saturated rings. The van der Waals surface area contributed by atoms with E-state index in [1.165, 1.54) is 0 Å². The highest BCUT2D eigenvalue weighted by molar-refractivity contribution is 6.35. The molecule has 0 heterocycles. The van der Waals surface area contributed by atoms with Gasteiger partial charge in [0.15, 0.2) is 0 Å². The van der Waals surface area contributed by atoms with Crippen LogP contribution in [-0.4, -0.2) is 0 Å². The van der Waals surface area contributed by atoms with Crippen molar-refractivity contribution >= 4 is 23.2 Å². The maximum Gasteiger partial charge on any atom is 0.124 e. The van der Waals surface area contributed by atoms with E-state index >= 15 is 0 Å². The van der Waals surface area contributed by atoms with Gasteiger partial charge in [-0.3, -0.25) is 0 Å². The van der Waals surface area contributed by atoms with Crippen LogP contribution in [0.25, 0.3) is 0 Å². The van der Waals surface area contributed by atoms with Crippen LogP contribution in [0.4, 0.5) is 0 Å². The average molecular weight is 310 g/mol. The van der Waals surface area contributed by atoms with Gasteiger partial charge in [-0.05, 0) is 24.6 Å². The highest BCUT2D eigenvalue weighted by atomic mass is 35.5. The summed E-state index contributed by atoms with van der Waals surface area (Å²) in [6.07, 6.45) is 0.863. The van der Waals surface area contributed by atoms with Crippen molar-refractivity contribution in [2.24, 2.45) is 5.73 Å². The number of hydrogen-bond donors (Lipinski definition) is 1. The third kappa shape index (κ3) is 3.66. The molecule has 1 atom stereocenters. The van der Waals surface area contributed by atoms with E-state index in [2.05, 4.69) is 6.92 Å². The molecular weight excluding hydrogens is 293 g/mol. The lowest BCUT2D eigenvalue weighted by molar-refractivity contribution is 0.301. The van der Waals surface area contributed by atoms with Gasteiger partial charge in [0.05, 0.1) is 0 Å². The van der Waals surface area contributed by atoms with Crippen LogP contribution < -0.4 is 10.5 Å². The van der Waals surface area contributed by atoms with Gasteiger partial charge in [-0.15, -0.1) is 0 Å². The molecule has 0 amide bonds. The molecule has 0 radical (unpaired) electrons. The Morgan fingerprint density at radius 1 is 1.15 bits per heavy atom.